The van der Waals surface area contributed by atoms with Gasteiger partial charge in [-0.1, -0.05) is 11.6 Å². The zero-order valence-corrected chi connectivity index (χ0v) is 17.7. The van der Waals surface area contributed by atoms with Crippen LogP contribution in [-0.4, -0.2) is 53.9 Å². The molecule has 1 atom stereocenters. The number of aryl methyl sites for hydroxylation is 1. The molecule has 2 aliphatic rings. The minimum Gasteiger partial charge on any atom is -0.481 e. The summed E-state index contributed by atoms with van der Waals surface area (Å²) >= 11 is 5.98. The van der Waals surface area contributed by atoms with E-state index in [1.807, 2.05) is 28.9 Å². The van der Waals surface area contributed by atoms with Gasteiger partial charge in [0.15, 0.2) is 6.10 Å². The molecular weight excluding hydrogens is 376 g/mol. The molecule has 0 unspecified atom stereocenters. The quantitative estimate of drug-likeness (QED) is 0.715. The fourth-order valence-electron chi connectivity index (χ4n) is 4.14. The number of carbonyl (C=O) groups is 2. The fourth-order valence-corrected chi connectivity index (χ4v) is 4.36. The van der Waals surface area contributed by atoms with Crippen molar-refractivity contribution in [3.8, 4) is 5.75 Å². The zero-order chi connectivity index (χ0) is 20.1. The van der Waals surface area contributed by atoms with Gasteiger partial charge in [-0.05, 0) is 75.6 Å². The first-order chi connectivity index (χ1) is 13.4. The minimum absolute atomic E-state index is 0.0287. The minimum atomic E-state index is -0.520. The lowest BCUT2D eigenvalue weighted by Crippen LogP contribution is -2.45. The molecular formula is C22H31ClN2O3. The van der Waals surface area contributed by atoms with Gasteiger partial charge in [0.05, 0.1) is 0 Å². The van der Waals surface area contributed by atoms with Crippen molar-refractivity contribution in [2.75, 3.05) is 26.2 Å². The average Bonchev–Trinajstić information content (AvgIpc) is 3.23. The summed E-state index contributed by atoms with van der Waals surface area (Å²) in [6.07, 6.45) is 5.27. The third kappa shape index (κ3) is 5.40. The third-order valence-corrected chi connectivity index (χ3v) is 6.18. The Kier molecular flexibility index (Phi) is 7.22. The lowest BCUT2D eigenvalue weighted by molar-refractivity contribution is -0.139. The van der Waals surface area contributed by atoms with Crippen LogP contribution in [0, 0.1) is 12.8 Å². The Balaban J connectivity index is 1.42. The topological polar surface area (TPSA) is 49.9 Å². The van der Waals surface area contributed by atoms with Crippen LogP contribution in [0.3, 0.4) is 0 Å². The number of carbonyl (C=O) groups excluding carboxylic acids is 2. The lowest BCUT2D eigenvalue weighted by Gasteiger charge is -2.33. The molecule has 2 amide bonds. The molecule has 6 heteroatoms. The molecule has 0 bridgehead atoms. The Morgan fingerprint density at radius 2 is 1.82 bits per heavy atom. The van der Waals surface area contributed by atoms with Gasteiger partial charge in [-0.3, -0.25) is 9.59 Å². The predicted octanol–water partition coefficient (Wildman–Crippen LogP) is 4.06. The Bertz CT molecular complexity index is 695. The van der Waals surface area contributed by atoms with Crippen molar-refractivity contribution >= 4 is 23.4 Å². The molecule has 2 aliphatic heterocycles. The number of likely N-dealkylation sites (tertiary alicyclic amines) is 2. The molecule has 0 N–H and O–H groups in total. The molecule has 0 aliphatic carbocycles. The second-order valence-corrected chi connectivity index (χ2v) is 8.50. The molecule has 28 heavy (non-hydrogen) atoms. The van der Waals surface area contributed by atoms with Crippen LogP contribution in [0.5, 0.6) is 5.75 Å². The highest BCUT2D eigenvalue weighted by Gasteiger charge is 2.28. The van der Waals surface area contributed by atoms with Gasteiger partial charge in [-0.2, -0.15) is 0 Å². The van der Waals surface area contributed by atoms with E-state index in [0.29, 0.717) is 29.0 Å². The summed E-state index contributed by atoms with van der Waals surface area (Å²) < 4.78 is 5.88. The summed E-state index contributed by atoms with van der Waals surface area (Å²) in [5.41, 5.74) is 0.925. The van der Waals surface area contributed by atoms with Gasteiger partial charge < -0.3 is 14.5 Å². The highest BCUT2D eigenvalue weighted by Crippen LogP contribution is 2.26. The maximum atomic E-state index is 12.7. The largest absolute Gasteiger partial charge is 0.481 e. The van der Waals surface area contributed by atoms with Gasteiger partial charge in [-0.15, -0.1) is 0 Å². The molecule has 0 radical (unpaired) electrons. The average molecular weight is 407 g/mol. The number of ether oxygens (including phenoxy) is 1. The number of nitrogens with zero attached hydrogens (tertiary/aromatic N) is 2. The predicted molar refractivity (Wildman–Crippen MR) is 111 cm³/mol. The third-order valence-electron chi connectivity index (χ3n) is 5.94. The van der Waals surface area contributed by atoms with E-state index in [-0.39, 0.29) is 5.91 Å². The summed E-state index contributed by atoms with van der Waals surface area (Å²) in [6, 6.07) is 5.42. The standard InChI is InChI=1S/C22H31ClN2O3/c1-16-15-19(23)6-7-20(16)28-17(2)22(27)25-13-9-18(10-14-25)5-8-21(26)24-11-3-4-12-24/h6-7,15,17-18H,3-5,8-14H2,1-2H3/t17-/m0/s1. The summed E-state index contributed by atoms with van der Waals surface area (Å²) in [5, 5.41) is 0.661. The van der Waals surface area contributed by atoms with Crippen LogP contribution in [0.4, 0.5) is 0 Å². The van der Waals surface area contributed by atoms with E-state index in [4.69, 9.17) is 16.3 Å². The Morgan fingerprint density at radius 1 is 1.14 bits per heavy atom. The van der Waals surface area contributed by atoms with Crippen molar-refractivity contribution in [1.29, 1.82) is 0 Å². The lowest BCUT2D eigenvalue weighted by atomic mass is 9.91. The number of benzene rings is 1. The number of hydrogen-bond donors (Lipinski definition) is 0. The number of piperidine rings is 1. The van der Waals surface area contributed by atoms with Crippen LogP contribution >= 0.6 is 11.6 Å². The van der Waals surface area contributed by atoms with E-state index in [1.165, 1.54) is 0 Å². The summed E-state index contributed by atoms with van der Waals surface area (Å²) in [6.45, 7) is 7.07. The molecule has 3 rings (SSSR count). The molecule has 1 aromatic carbocycles. The SMILES string of the molecule is Cc1cc(Cl)ccc1O[C@@H](C)C(=O)N1CCC(CCC(=O)N2CCCC2)CC1. The second kappa shape index (κ2) is 9.64. The zero-order valence-electron chi connectivity index (χ0n) is 17.0. The highest BCUT2D eigenvalue weighted by molar-refractivity contribution is 6.30. The van der Waals surface area contributed by atoms with Crippen LogP contribution in [0.25, 0.3) is 0 Å². The van der Waals surface area contributed by atoms with E-state index in [0.717, 1.165) is 63.8 Å². The number of halogens is 1. The first kappa shape index (κ1) is 21.0. The molecule has 0 spiro atoms. The maximum Gasteiger partial charge on any atom is 0.263 e. The monoisotopic (exact) mass is 406 g/mol. The molecule has 2 saturated heterocycles. The first-order valence-electron chi connectivity index (χ1n) is 10.4. The summed E-state index contributed by atoms with van der Waals surface area (Å²) in [7, 11) is 0. The van der Waals surface area contributed by atoms with Crippen LogP contribution in [0.15, 0.2) is 18.2 Å². The van der Waals surface area contributed by atoms with Gasteiger partial charge in [0.25, 0.3) is 5.91 Å². The molecule has 154 valence electrons. The van der Waals surface area contributed by atoms with Crippen molar-refractivity contribution in [3.05, 3.63) is 28.8 Å². The van der Waals surface area contributed by atoms with Crippen LogP contribution < -0.4 is 4.74 Å². The molecule has 0 aromatic heterocycles. The molecule has 2 heterocycles. The Hall–Kier alpha value is -1.75. The smallest absolute Gasteiger partial charge is 0.263 e. The Morgan fingerprint density at radius 3 is 2.46 bits per heavy atom. The van der Waals surface area contributed by atoms with Crippen molar-refractivity contribution in [1.82, 2.24) is 9.80 Å². The highest BCUT2D eigenvalue weighted by atomic mass is 35.5. The normalized spacial score (nSPS) is 19.0. The number of hydrogen-bond acceptors (Lipinski definition) is 3. The first-order valence-corrected chi connectivity index (χ1v) is 10.8. The maximum absolute atomic E-state index is 12.7. The molecule has 0 saturated carbocycles. The van der Waals surface area contributed by atoms with Crippen molar-refractivity contribution in [3.63, 3.8) is 0 Å². The van der Waals surface area contributed by atoms with Crippen molar-refractivity contribution in [2.24, 2.45) is 5.92 Å². The van der Waals surface area contributed by atoms with Gasteiger partial charge in [0, 0.05) is 37.6 Å². The van der Waals surface area contributed by atoms with Crippen LogP contribution in [0.1, 0.15) is 51.0 Å². The molecule has 1 aromatic rings. The second-order valence-electron chi connectivity index (χ2n) is 8.07. The molecule has 5 nitrogen and oxygen atoms in total. The van der Waals surface area contributed by atoms with Crippen LogP contribution in [0.2, 0.25) is 5.02 Å². The molecule has 2 fully saturated rings. The van der Waals surface area contributed by atoms with Gasteiger partial charge in [-0.25, -0.2) is 0 Å². The summed E-state index contributed by atoms with van der Waals surface area (Å²) in [5.74, 6) is 1.56. The van der Waals surface area contributed by atoms with Gasteiger partial charge >= 0.3 is 0 Å². The van der Waals surface area contributed by atoms with Gasteiger partial charge in [0.2, 0.25) is 5.91 Å². The number of amides is 2. The van der Waals surface area contributed by atoms with E-state index in [1.54, 1.807) is 13.0 Å². The van der Waals surface area contributed by atoms with E-state index < -0.39 is 6.10 Å². The van der Waals surface area contributed by atoms with E-state index in [2.05, 4.69) is 0 Å². The van der Waals surface area contributed by atoms with Gasteiger partial charge in [0.1, 0.15) is 5.75 Å². The van der Waals surface area contributed by atoms with E-state index in [9.17, 15) is 9.59 Å². The van der Waals surface area contributed by atoms with Crippen LogP contribution in [-0.2, 0) is 9.59 Å². The Labute approximate surface area is 173 Å². The van der Waals surface area contributed by atoms with E-state index >= 15 is 0 Å². The van der Waals surface area contributed by atoms with Crippen molar-refractivity contribution in [2.45, 2.75) is 58.5 Å². The van der Waals surface area contributed by atoms with Crippen molar-refractivity contribution < 1.29 is 14.3 Å². The number of rotatable bonds is 6. The summed E-state index contributed by atoms with van der Waals surface area (Å²) in [4.78, 5) is 28.8. The fraction of sp³-hybridized carbons (Fsp3) is 0.636.